The van der Waals surface area contributed by atoms with Gasteiger partial charge in [-0.25, -0.2) is 26.8 Å². The lowest BCUT2D eigenvalue weighted by molar-refractivity contribution is 0.582. The van der Waals surface area contributed by atoms with Crippen molar-refractivity contribution in [2.75, 3.05) is 7.05 Å². The van der Waals surface area contributed by atoms with Gasteiger partial charge in [-0.1, -0.05) is 6.92 Å². The Balaban J connectivity index is 1.53. The molecule has 1 saturated carbocycles. The Hall–Kier alpha value is -3.53. The molecule has 0 amide bonds. The van der Waals surface area contributed by atoms with Crippen LogP contribution in [0.5, 0.6) is 0 Å². The SMILES string of the molecule is CN=S(=O)(c1ccc(-n2ccn(-c3c4c(nn3-c3cc(C)c(F)c(C)c3)CCC[C@H]4C)c2=O)c(F)c1C)C1CC1. The minimum absolute atomic E-state index is 0.0579. The second kappa shape index (κ2) is 9.54. The summed E-state index contributed by atoms with van der Waals surface area (Å²) in [5.74, 6) is -0.110. The van der Waals surface area contributed by atoms with Crippen molar-refractivity contribution in [2.45, 2.75) is 75.9 Å². The van der Waals surface area contributed by atoms with Gasteiger partial charge >= 0.3 is 5.69 Å². The number of fused-ring (bicyclic) bond motifs is 1. The molecular formula is C30H33F2N5O2S. The molecule has 2 aliphatic carbocycles. The molecule has 0 radical (unpaired) electrons. The van der Waals surface area contributed by atoms with E-state index in [-0.39, 0.29) is 28.2 Å². The van der Waals surface area contributed by atoms with Crippen molar-refractivity contribution in [2.24, 2.45) is 4.36 Å². The third-order valence-electron chi connectivity index (χ3n) is 8.33. The van der Waals surface area contributed by atoms with Gasteiger partial charge in [0.2, 0.25) is 0 Å². The van der Waals surface area contributed by atoms with Crippen LogP contribution in [-0.4, -0.2) is 35.4 Å². The molecule has 6 rings (SSSR count). The molecule has 210 valence electrons. The molecule has 0 spiro atoms. The second-order valence-corrected chi connectivity index (χ2v) is 13.7. The molecule has 7 nitrogen and oxygen atoms in total. The highest BCUT2D eigenvalue weighted by atomic mass is 32.2. The maximum absolute atomic E-state index is 15.8. The van der Waals surface area contributed by atoms with Gasteiger partial charge in [-0.05, 0) is 94.2 Å². The van der Waals surface area contributed by atoms with Crippen LogP contribution in [0.15, 0.2) is 50.7 Å². The van der Waals surface area contributed by atoms with Gasteiger partial charge in [-0.2, -0.15) is 5.10 Å². The number of aryl methyl sites for hydroxylation is 3. The van der Waals surface area contributed by atoms with E-state index >= 15 is 4.39 Å². The van der Waals surface area contributed by atoms with Gasteiger partial charge in [0.15, 0.2) is 5.82 Å². The van der Waals surface area contributed by atoms with Gasteiger partial charge in [0, 0.05) is 35.8 Å². The van der Waals surface area contributed by atoms with Crippen LogP contribution in [0.3, 0.4) is 0 Å². The van der Waals surface area contributed by atoms with E-state index < -0.39 is 21.2 Å². The molecular weight excluding hydrogens is 532 g/mol. The Labute approximate surface area is 232 Å². The molecule has 1 fully saturated rings. The van der Waals surface area contributed by atoms with E-state index in [2.05, 4.69) is 11.3 Å². The average Bonchev–Trinajstić information content (AvgIpc) is 3.63. The van der Waals surface area contributed by atoms with Crippen molar-refractivity contribution >= 4 is 9.73 Å². The predicted molar refractivity (Wildman–Crippen MR) is 152 cm³/mol. The molecule has 1 unspecified atom stereocenters. The fourth-order valence-corrected chi connectivity index (χ4v) is 8.44. The first-order chi connectivity index (χ1) is 19.1. The van der Waals surface area contributed by atoms with Gasteiger partial charge in [-0.3, -0.25) is 9.13 Å². The smallest absolute Gasteiger partial charge is 0.265 e. The predicted octanol–water partition coefficient (Wildman–Crippen LogP) is 6.08. The van der Waals surface area contributed by atoms with Crippen molar-refractivity contribution in [3.63, 3.8) is 0 Å². The second-order valence-electron chi connectivity index (χ2n) is 11.1. The first-order valence-electron chi connectivity index (χ1n) is 13.7. The summed E-state index contributed by atoms with van der Waals surface area (Å²) < 4.78 is 52.5. The fraction of sp³-hybridized carbons (Fsp3) is 0.400. The minimum Gasteiger partial charge on any atom is -0.265 e. The lowest BCUT2D eigenvalue weighted by Gasteiger charge is -2.19. The van der Waals surface area contributed by atoms with E-state index in [1.807, 2.05) is 0 Å². The summed E-state index contributed by atoms with van der Waals surface area (Å²) >= 11 is 0. The number of aromatic nitrogens is 4. The average molecular weight is 566 g/mol. The molecule has 0 bridgehead atoms. The van der Waals surface area contributed by atoms with Gasteiger partial charge in [-0.15, -0.1) is 0 Å². The lowest BCUT2D eigenvalue weighted by Crippen LogP contribution is -2.25. The highest BCUT2D eigenvalue weighted by molar-refractivity contribution is 7.94. The molecule has 2 atom stereocenters. The normalized spacial score (nSPS) is 18.4. The first-order valence-corrected chi connectivity index (χ1v) is 15.3. The molecule has 2 aromatic carbocycles. The number of nitrogens with zero attached hydrogens (tertiary/aromatic N) is 5. The summed E-state index contributed by atoms with van der Waals surface area (Å²) in [6, 6.07) is 6.62. The van der Waals surface area contributed by atoms with Crippen LogP contribution in [0.1, 0.15) is 66.5 Å². The minimum atomic E-state index is -2.71. The molecule has 0 N–H and O–H groups in total. The fourth-order valence-electron chi connectivity index (χ4n) is 6.02. The number of rotatable bonds is 5. The molecule has 4 aromatic rings. The highest BCUT2D eigenvalue weighted by Crippen LogP contribution is 2.39. The molecule has 2 aromatic heterocycles. The van der Waals surface area contributed by atoms with Crippen molar-refractivity contribution in [3.8, 4) is 17.2 Å². The number of hydrogen-bond donors (Lipinski definition) is 0. The highest BCUT2D eigenvalue weighted by Gasteiger charge is 2.36. The van der Waals surface area contributed by atoms with Crippen LogP contribution < -0.4 is 5.69 Å². The monoisotopic (exact) mass is 565 g/mol. The number of halogens is 2. The Bertz CT molecular complexity index is 1830. The van der Waals surface area contributed by atoms with Crippen molar-refractivity contribution in [1.82, 2.24) is 18.9 Å². The summed E-state index contributed by atoms with van der Waals surface area (Å²) in [5.41, 5.74) is 3.42. The molecule has 0 aliphatic heterocycles. The summed E-state index contributed by atoms with van der Waals surface area (Å²) in [4.78, 5) is 14.3. The Kier molecular flexibility index (Phi) is 6.36. The van der Waals surface area contributed by atoms with Crippen molar-refractivity contribution in [3.05, 3.63) is 86.7 Å². The molecule has 2 heterocycles. The van der Waals surface area contributed by atoms with Crippen LogP contribution in [0.2, 0.25) is 0 Å². The van der Waals surface area contributed by atoms with Gasteiger partial charge < -0.3 is 0 Å². The third kappa shape index (κ3) is 3.98. The van der Waals surface area contributed by atoms with Gasteiger partial charge in [0.1, 0.15) is 11.6 Å². The summed E-state index contributed by atoms with van der Waals surface area (Å²) in [5, 5.41) is 4.84. The molecule has 40 heavy (non-hydrogen) atoms. The maximum Gasteiger partial charge on any atom is 0.338 e. The van der Waals surface area contributed by atoms with Gasteiger partial charge in [0.05, 0.1) is 31.7 Å². The Morgan fingerprint density at radius 3 is 2.33 bits per heavy atom. The Morgan fingerprint density at radius 2 is 1.68 bits per heavy atom. The summed E-state index contributed by atoms with van der Waals surface area (Å²) in [6.45, 7) is 7.13. The van der Waals surface area contributed by atoms with Crippen LogP contribution in [0.4, 0.5) is 8.78 Å². The molecule has 2 aliphatic rings. The van der Waals surface area contributed by atoms with E-state index in [0.717, 1.165) is 43.4 Å². The number of benzene rings is 2. The van der Waals surface area contributed by atoms with Crippen LogP contribution >= 0.6 is 0 Å². The largest absolute Gasteiger partial charge is 0.338 e. The van der Waals surface area contributed by atoms with Crippen LogP contribution in [-0.2, 0) is 16.1 Å². The molecule has 10 heteroatoms. The van der Waals surface area contributed by atoms with Crippen LogP contribution in [0, 0.1) is 32.4 Å². The summed E-state index contributed by atoms with van der Waals surface area (Å²) in [7, 11) is -1.19. The zero-order chi connectivity index (χ0) is 28.5. The lowest BCUT2D eigenvalue weighted by atomic mass is 9.88. The zero-order valence-corrected chi connectivity index (χ0v) is 24.2. The van der Waals surface area contributed by atoms with Crippen molar-refractivity contribution in [1.29, 1.82) is 0 Å². The van der Waals surface area contributed by atoms with Gasteiger partial charge in [0.25, 0.3) is 0 Å². The Morgan fingerprint density at radius 1 is 1.00 bits per heavy atom. The number of imidazole rings is 1. The molecule has 0 saturated heterocycles. The van der Waals surface area contributed by atoms with E-state index in [4.69, 9.17) is 5.10 Å². The zero-order valence-electron chi connectivity index (χ0n) is 23.4. The first kappa shape index (κ1) is 26.7. The maximum atomic E-state index is 15.8. The third-order valence-corrected chi connectivity index (χ3v) is 11.3. The summed E-state index contributed by atoms with van der Waals surface area (Å²) in [6.07, 6.45) is 7.52. The van der Waals surface area contributed by atoms with E-state index in [9.17, 15) is 13.4 Å². The van der Waals surface area contributed by atoms with E-state index in [0.29, 0.717) is 27.5 Å². The quantitative estimate of drug-likeness (QED) is 0.295. The van der Waals surface area contributed by atoms with E-state index in [1.54, 1.807) is 56.0 Å². The standard InChI is InChI=1S/C30H33F2N5O2S/c1-17-7-6-8-23-26(17)29(37(34-23)21-15-18(2)27(31)19(3)16-21)36-14-13-35(30(36)38)24-11-12-25(20(4)28(24)32)40(39,33-5)22-9-10-22/h11-17,22H,6-10H2,1-5H3/t17-,40?/m1/s1. The van der Waals surface area contributed by atoms with Crippen LogP contribution in [0.25, 0.3) is 17.2 Å². The number of hydrogen-bond acceptors (Lipinski definition) is 4. The van der Waals surface area contributed by atoms with E-state index in [1.165, 1.54) is 22.2 Å². The topological polar surface area (TPSA) is 74.2 Å². The van der Waals surface area contributed by atoms with Crippen molar-refractivity contribution < 1.29 is 13.0 Å².